The van der Waals surface area contributed by atoms with Crippen LogP contribution in [0.4, 0.5) is 0 Å². The third-order valence-corrected chi connectivity index (χ3v) is 4.29. The number of nitrogens with two attached hydrogens (primary N) is 1. The fourth-order valence-corrected chi connectivity index (χ4v) is 2.59. The van der Waals surface area contributed by atoms with E-state index in [1.807, 2.05) is 0 Å². The van der Waals surface area contributed by atoms with Gasteiger partial charge in [0.15, 0.2) is 0 Å². The van der Waals surface area contributed by atoms with E-state index in [0.29, 0.717) is 43.2 Å². The molecule has 1 aliphatic rings. The maximum atomic E-state index is 12.4. The van der Waals surface area contributed by atoms with Crippen molar-refractivity contribution in [1.82, 2.24) is 5.32 Å². The molecule has 1 unspecified atom stereocenters. The van der Waals surface area contributed by atoms with Gasteiger partial charge in [0, 0.05) is 31.3 Å². The number of hydrogen-bond acceptors (Lipinski definition) is 4. The van der Waals surface area contributed by atoms with Crippen LogP contribution in [-0.4, -0.2) is 37.3 Å². The van der Waals surface area contributed by atoms with Gasteiger partial charge in [0.1, 0.15) is 0 Å². The summed E-state index contributed by atoms with van der Waals surface area (Å²) >= 11 is 5.81. The Morgan fingerprint density at radius 2 is 1.95 bits per heavy atom. The molecule has 1 heterocycles. The largest absolute Gasteiger partial charge is 0.387 e. The maximum absolute atomic E-state index is 12.4. The Balaban J connectivity index is 0.00000242. The van der Waals surface area contributed by atoms with Crippen molar-refractivity contribution in [2.24, 2.45) is 11.1 Å². The zero-order valence-corrected chi connectivity index (χ0v) is 13.8. The molecule has 124 valence electrons. The number of aliphatic hydroxyl groups excluding tert-OH is 1. The number of carbonyl (C=O) groups is 1. The van der Waals surface area contributed by atoms with E-state index in [1.54, 1.807) is 24.3 Å². The van der Waals surface area contributed by atoms with Crippen molar-refractivity contribution in [2.75, 3.05) is 26.3 Å². The van der Waals surface area contributed by atoms with Crippen LogP contribution in [0.25, 0.3) is 0 Å². The van der Waals surface area contributed by atoms with Crippen LogP contribution in [0.1, 0.15) is 24.5 Å². The molecule has 0 aromatic heterocycles. The van der Waals surface area contributed by atoms with Crippen molar-refractivity contribution in [3.8, 4) is 0 Å². The van der Waals surface area contributed by atoms with Gasteiger partial charge in [0.25, 0.3) is 0 Å². The number of amides is 1. The lowest BCUT2D eigenvalue weighted by atomic mass is 9.79. The molecular formula is C15H22Cl2N2O3. The maximum Gasteiger partial charge on any atom is 0.227 e. The van der Waals surface area contributed by atoms with Crippen molar-refractivity contribution >= 4 is 29.9 Å². The van der Waals surface area contributed by atoms with Crippen molar-refractivity contribution in [2.45, 2.75) is 18.9 Å². The molecule has 5 nitrogen and oxygen atoms in total. The zero-order valence-electron chi connectivity index (χ0n) is 12.3. The predicted octanol–water partition coefficient (Wildman–Crippen LogP) is 1.67. The van der Waals surface area contributed by atoms with Crippen LogP contribution < -0.4 is 11.1 Å². The molecule has 1 aromatic carbocycles. The third-order valence-electron chi connectivity index (χ3n) is 4.03. The van der Waals surface area contributed by atoms with Gasteiger partial charge in [-0.05, 0) is 30.5 Å². The molecular weight excluding hydrogens is 327 g/mol. The molecule has 0 spiro atoms. The average molecular weight is 349 g/mol. The lowest BCUT2D eigenvalue weighted by Gasteiger charge is -2.34. The summed E-state index contributed by atoms with van der Waals surface area (Å²) < 4.78 is 5.29. The summed E-state index contributed by atoms with van der Waals surface area (Å²) in [5, 5.41) is 13.5. The minimum Gasteiger partial charge on any atom is -0.387 e. The second-order valence-corrected chi connectivity index (χ2v) is 5.81. The number of ether oxygens (including phenoxy) is 1. The van der Waals surface area contributed by atoms with Crippen LogP contribution in [0.3, 0.4) is 0 Å². The molecule has 22 heavy (non-hydrogen) atoms. The van der Waals surface area contributed by atoms with Crippen LogP contribution >= 0.6 is 24.0 Å². The number of hydrogen-bond donors (Lipinski definition) is 3. The Labute approximate surface area is 141 Å². The molecule has 1 amide bonds. The van der Waals surface area contributed by atoms with Crippen LogP contribution in [0.5, 0.6) is 0 Å². The lowest BCUT2D eigenvalue weighted by molar-refractivity contribution is -0.136. The minimum atomic E-state index is -0.763. The lowest BCUT2D eigenvalue weighted by Crippen LogP contribution is -2.49. The Morgan fingerprint density at radius 1 is 1.36 bits per heavy atom. The second kappa shape index (κ2) is 8.70. The molecule has 2 rings (SSSR count). The molecule has 1 fully saturated rings. The molecule has 0 bridgehead atoms. The van der Waals surface area contributed by atoms with E-state index in [9.17, 15) is 9.90 Å². The van der Waals surface area contributed by atoms with E-state index in [4.69, 9.17) is 22.1 Å². The van der Waals surface area contributed by atoms with Crippen LogP contribution in [-0.2, 0) is 9.53 Å². The van der Waals surface area contributed by atoms with Gasteiger partial charge < -0.3 is 20.9 Å². The van der Waals surface area contributed by atoms with Crippen LogP contribution in [0.2, 0.25) is 5.02 Å². The van der Waals surface area contributed by atoms with Gasteiger partial charge in [-0.1, -0.05) is 23.7 Å². The molecule has 4 N–H and O–H groups in total. The first-order chi connectivity index (χ1) is 10.1. The van der Waals surface area contributed by atoms with Gasteiger partial charge in [-0.3, -0.25) is 4.79 Å². The molecule has 1 aliphatic heterocycles. The summed E-state index contributed by atoms with van der Waals surface area (Å²) in [6, 6.07) is 6.90. The molecule has 0 saturated carbocycles. The first-order valence-electron chi connectivity index (χ1n) is 7.07. The number of halogens is 2. The monoisotopic (exact) mass is 348 g/mol. The number of nitrogens with one attached hydrogen (secondary N) is 1. The number of benzene rings is 1. The highest BCUT2D eigenvalue weighted by atomic mass is 35.5. The first-order valence-corrected chi connectivity index (χ1v) is 7.45. The van der Waals surface area contributed by atoms with E-state index < -0.39 is 11.5 Å². The first kappa shape index (κ1) is 19.2. The highest BCUT2D eigenvalue weighted by Gasteiger charge is 2.38. The van der Waals surface area contributed by atoms with Gasteiger partial charge in [-0.15, -0.1) is 12.4 Å². The Kier molecular flexibility index (Phi) is 7.59. The summed E-state index contributed by atoms with van der Waals surface area (Å²) in [6.45, 7) is 1.54. The van der Waals surface area contributed by atoms with E-state index >= 15 is 0 Å². The third kappa shape index (κ3) is 4.57. The number of carbonyl (C=O) groups excluding carboxylic acids is 1. The van der Waals surface area contributed by atoms with Gasteiger partial charge >= 0.3 is 0 Å². The van der Waals surface area contributed by atoms with Crippen molar-refractivity contribution < 1.29 is 14.6 Å². The van der Waals surface area contributed by atoms with Crippen LogP contribution in [0, 0.1) is 5.41 Å². The second-order valence-electron chi connectivity index (χ2n) is 5.37. The van der Waals surface area contributed by atoms with E-state index in [1.165, 1.54) is 0 Å². The summed E-state index contributed by atoms with van der Waals surface area (Å²) in [5.41, 5.74) is 5.92. The van der Waals surface area contributed by atoms with Gasteiger partial charge in [-0.2, -0.15) is 0 Å². The quantitative estimate of drug-likeness (QED) is 0.755. The normalized spacial score (nSPS) is 18.1. The summed E-state index contributed by atoms with van der Waals surface area (Å²) in [5.74, 6) is -0.110. The Hall–Kier alpha value is -0.850. The Bertz CT molecular complexity index is 476. The van der Waals surface area contributed by atoms with Gasteiger partial charge in [0.2, 0.25) is 5.91 Å². The highest BCUT2D eigenvalue weighted by molar-refractivity contribution is 6.30. The molecule has 1 atom stereocenters. The number of rotatable bonds is 5. The molecule has 1 saturated heterocycles. The standard InChI is InChI=1S/C15H21ClN2O3.ClH/c16-12-3-1-11(2-4-12)13(19)9-18-14(20)15(10-17)5-7-21-8-6-15;/h1-4,13,19H,5-10,17H2,(H,18,20);1H. The summed E-state index contributed by atoms with van der Waals surface area (Å²) in [4.78, 5) is 12.4. The molecule has 1 aromatic rings. The summed E-state index contributed by atoms with van der Waals surface area (Å²) in [6.07, 6.45) is 0.472. The fraction of sp³-hybridized carbons (Fsp3) is 0.533. The highest BCUT2D eigenvalue weighted by Crippen LogP contribution is 2.29. The number of aliphatic hydroxyl groups is 1. The van der Waals surface area contributed by atoms with Crippen molar-refractivity contribution in [3.05, 3.63) is 34.9 Å². The smallest absolute Gasteiger partial charge is 0.227 e. The van der Waals surface area contributed by atoms with E-state index in [0.717, 1.165) is 0 Å². The average Bonchev–Trinajstić information content (AvgIpc) is 2.53. The van der Waals surface area contributed by atoms with Gasteiger partial charge in [-0.25, -0.2) is 0 Å². The Morgan fingerprint density at radius 3 is 2.50 bits per heavy atom. The predicted molar refractivity (Wildman–Crippen MR) is 88.2 cm³/mol. The summed E-state index contributed by atoms with van der Waals surface area (Å²) in [7, 11) is 0. The fourth-order valence-electron chi connectivity index (χ4n) is 2.47. The van der Waals surface area contributed by atoms with Crippen LogP contribution in [0.15, 0.2) is 24.3 Å². The zero-order chi connectivity index (χ0) is 15.3. The topological polar surface area (TPSA) is 84.6 Å². The SMILES string of the molecule is Cl.NCC1(C(=O)NCC(O)c2ccc(Cl)cc2)CCOCC1. The van der Waals surface area contributed by atoms with Gasteiger partial charge in [0.05, 0.1) is 11.5 Å². The van der Waals surface area contributed by atoms with Crippen molar-refractivity contribution in [1.29, 1.82) is 0 Å². The van der Waals surface area contributed by atoms with E-state index in [2.05, 4.69) is 5.32 Å². The minimum absolute atomic E-state index is 0. The molecule has 0 radical (unpaired) electrons. The van der Waals surface area contributed by atoms with Crippen molar-refractivity contribution in [3.63, 3.8) is 0 Å². The molecule has 0 aliphatic carbocycles. The van der Waals surface area contributed by atoms with E-state index in [-0.39, 0.29) is 24.9 Å². The molecule has 7 heteroatoms.